The van der Waals surface area contributed by atoms with Crippen molar-refractivity contribution in [3.05, 3.63) is 65.7 Å². The molecule has 1 amide bonds. The number of piperazine rings is 1. The highest BCUT2D eigenvalue weighted by molar-refractivity contribution is 5.96. The first kappa shape index (κ1) is 23.8. The predicted octanol–water partition coefficient (Wildman–Crippen LogP) is 4.43. The van der Waals surface area contributed by atoms with Crippen molar-refractivity contribution in [3.8, 4) is 5.75 Å². The molecule has 1 fully saturated rings. The molecule has 0 bridgehead atoms. The second-order valence-corrected chi connectivity index (χ2v) is 9.09. The predicted molar refractivity (Wildman–Crippen MR) is 125 cm³/mol. The van der Waals surface area contributed by atoms with Gasteiger partial charge in [0.05, 0.1) is 0 Å². The van der Waals surface area contributed by atoms with Crippen LogP contribution in [0.4, 0.5) is 4.79 Å². The van der Waals surface area contributed by atoms with Crippen molar-refractivity contribution in [3.63, 3.8) is 0 Å². The Balaban J connectivity index is 1.35. The van der Waals surface area contributed by atoms with Gasteiger partial charge in [-0.1, -0.05) is 30.3 Å². The highest BCUT2D eigenvalue weighted by atomic mass is 16.6. The second-order valence-electron chi connectivity index (χ2n) is 9.09. The molecule has 1 aliphatic heterocycles. The summed E-state index contributed by atoms with van der Waals surface area (Å²) in [6.45, 7) is 9.93. The van der Waals surface area contributed by atoms with Crippen LogP contribution < -0.4 is 4.74 Å². The lowest BCUT2D eigenvalue weighted by Crippen LogP contribution is -2.50. The average Bonchev–Trinajstić information content (AvgIpc) is 2.78. The first-order valence-corrected chi connectivity index (χ1v) is 11.3. The summed E-state index contributed by atoms with van der Waals surface area (Å²) in [5, 5.41) is 0. The zero-order valence-electron chi connectivity index (χ0n) is 19.4. The summed E-state index contributed by atoms with van der Waals surface area (Å²) in [7, 11) is 0. The first-order chi connectivity index (χ1) is 15.3. The Morgan fingerprint density at radius 2 is 1.56 bits per heavy atom. The van der Waals surface area contributed by atoms with Gasteiger partial charge in [-0.25, -0.2) is 4.79 Å². The fraction of sp³-hybridized carbons (Fsp3) is 0.462. The lowest BCUT2D eigenvalue weighted by molar-refractivity contribution is 0.0137. The summed E-state index contributed by atoms with van der Waals surface area (Å²) < 4.78 is 11.3. The Kier molecular flexibility index (Phi) is 8.28. The Labute approximate surface area is 191 Å². The molecule has 6 nitrogen and oxygen atoms in total. The third-order valence-electron chi connectivity index (χ3n) is 5.36. The molecule has 6 heteroatoms. The third kappa shape index (κ3) is 7.68. The fourth-order valence-corrected chi connectivity index (χ4v) is 3.56. The number of hydrogen-bond acceptors (Lipinski definition) is 5. The van der Waals surface area contributed by atoms with Crippen LogP contribution in [0.25, 0.3) is 0 Å². The number of rotatable bonds is 8. The van der Waals surface area contributed by atoms with Crippen molar-refractivity contribution in [2.45, 2.75) is 39.2 Å². The molecular weight excluding hydrogens is 404 g/mol. The van der Waals surface area contributed by atoms with Crippen molar-refractivity contribution in [1.29, 1.82) is 0 Å². The first-order valence-electron chi connectivity index (χ1n) is 11.3. The van der Waals surface area contributed by atoms with Gasteiger partial charge in [-0.05, 0) is 57.0 Å². The summed E-state index contributed by atoms with van der Waals surface area (Å²) >= 11 is 0. The van der Waals surface area contributed by atoms with Crippen molar-refractivity contribution in [2.75, 3.05) is 39.3 Å². The van der Waals surface area contributed by atoms with Crippen LogP contribution in [0.3, 0.4) is 0 Å². The molecule has 1 heterocycles. The number of amides is 1. The van der Waals surface area contributed by atoms with Gasteiger partial charge < -0.3 is 14.4 Å². The summed E-state index contributed by atoms with van der Waals surface area (Å²) in [6.07, 6.45) is 1.00. The summed E-state index contributed by atoms with van der Waals surface area (Å²) in [4.78, 5) is 28.6. The van der Waals surface area contributed by atoms with Gasteiger partial charge >= 0.3 is 6.09 Å². The maximum Gasteiger partial charge on any atom is 0.410 e. The van der Waals surface area contributed by atoms with E-state index >= 15 is 0 Å². The SMILES string of the molecule is CC(C)(C)OC(=O)N1CCN(CCOc2ccc(C(=O)CCc3ccccc3)cc2)CC1. The van der Waals surface area contributed by atoms with Gasteiger partial charge in [0.2, 0.25) is 0 Å². The summed E-state index contributed by atoms with van der Waals surface area (Å²) in [6, 6.07) is 17.4. The zero-order chi connectivity index (χ0) is 23.0. The van der Waals surface area contributed by atoms with Gasteiger partial charge in [0.25, 0.3) is 0 Å². The molecule has 0 saturated carbocycles. The van der Waals surface area contributed by atoms with Crippen molar-refractivity contribution < 1.29 is 19.1 Å². The van der Waals surface area contributed by atoms with Crippen LogP contribution in [-0.2, 0) is 11.2 Å². The van der Waals surface area contributed by atoms with E-state index in [1.807, 2.05) is 75.4 Å². The Morgan fingerprint density at radius 1 is 0.906 bits per heavy atom. The quantitative estimate of drug-likeness (QED) is 0.571. The number of carbonyl (C=O) groups is 2. The Bertz CT molecular complexity index is 867. The average molecular weight is 439 g/mol. The van der Waals surface area contributed by atoms with E-state index in [1.54, 1.807) is 4.90 Å². The van der Waals surface area contributed by atoms with Gasteiger partial charge in [-0.3, -0.25) is 9.69 Å². The number of Topliss-reactive ketones (excluding diaryl/α,β-unsaturated/α-hetero) is 1. The van der Waals surface area contributed by atoms with Gasteiger partial charge in [-0.15, -0.1) is 0 Å². The Morgan fingerprint density at radius 3 is 2.19 bits per heavy atom. The molecule has 0 spiro atoms. The van der Waals surface area contributed by atoms with Crippen molar-refractivity contribution >= 4 is 11.9 Å². The largest absolute Gasteiger partial charge is 0.492 e. The number of ketones is 1. The van der Waals surface area contributed by atoms with Crippen LogP contribution in [-0.4, -0.2) is 66.6 Å². The van der Waals surface area contributed by atoms with Gasteiger partial charge in [-0.2, -0.15) is 0 Å². The van der Waals surface area contributed by atoms with Crippen LogP contribution in [0.15, 0.2) is 54.6 Å². The zero-order valence-corrected chi connectivity index (χ0v) is 19.4. The second kappa shape index (κ2) is 11.1. The normalized spacial score (nSPS) is 14.8. The molecule has 2 aromatic carbocycles. The maximum absolute atomic E-state index is 12.4. The molecular formula is C26H34N2O4. The monoisotopic (exact) mass is 438 g/mol. The van der Waals surface area contributed by atoms with Crippen LogP contribution in [0.2, 0.25) is 0 Å². The molecule has 0 N–H and O–H groups in total. The molecule has 1 aliphatic rings. The van der Waals surface area contributed by atoms with Gasteiger partial charge in [0.1, 0.15) is 18.0 Å². The van der Waals surface area contributed by atoms with Crippen LogP contribution >= 0.6 is 0 Å². The smallest absolute Gasteiger partial charge is 0.410 e. The van der Waals surface area contributed by atoms with Crippen LogP contribution in [0, 0.1) is 0 Å². The molecule has 172 valence electrons. The van der Waals surface area contributed by atoms with E-state index in [1.165, 1.54) is 5.56 Å². The minimum absolute atomic E-state index is 0.142. The number of benzene rings is 2. The van der Waals surface area contributed by atoms with Crippen molar-refractivity contribution in [2.24, 2.45) is 0 Å². The summed E-state index contributed by atoms with van der Waals surface area (Å²) in [5.74, 6) is 0.903. The van der Waals surface area contributed by atoms with Crippen molar-refractivity contribution in [1.82, 2.24) is 9.80 Å². The van der Waals surface area contributed by atoms with E-state index < -0.39 is 5.60 Å². The Hall–Kier alpha value is -2.86. The number of nitrogens with zero attached hydrogens (tertiary/aromatic N) is 2. The standard InChI is InChI=1S/C26H34N2O4/c1-26(2,3)32-25(30)28-17-15-27(16-18-28)19-20-31-23-12-10-22(11-13-23)24(29)14-9-21-7-5-4-6-8-21/h4-8,10-13H,9,14-20H2,1-3H3. The molecule has 32 heavy (non-hydrogen) atoms. The van der Waals surface area contributed by atoms with Crippen LogP contribution in [0.5, 0.6) is 5.75 Å². The molecule has 2 aromatic rings. The number of carbonyl (C=O) groups excluding carboxylic acids is 2. The van der Waals surface area contributed by atoms with E-state index in [9.17, 15) is 9.59 Å². The van der Waals surface area contributed by atoms with E-state index in [-0.39, 0.29) is 11.9 Å². The van der Waals surface area contributed by atoms with E-state index in [0.717, 1.165) is 31.8 Å². The third-order valence-corrected chi connectivity index (χ3v) is 5.36. The van der Waals surface area contributed by atoms with Crippen LogP contribution in [0.1, 0.15) is 43.1 Å². The fourth-order valence-electron chi connectivity index (χ4n) is 3.56. The van der Waals surface area contributed by atoms with E-state index in [0.29, 0.717) is 31.7 Å². The number of hydrogen-bond donors (Lipinski definition) is 0. The lowest BCUT2D eigenvalue weighted by Gasteiger charge is -2.35. The van der Waals surface area contributed by atoms with Gasteiger partial charge in [0.15, 0.2) is 5.78 Å². The van der Waals surface area contributed by atoms with Gasteiger partial charge in [0, 0.05) is 44.7 Å². The molecule has 0 aliphatic carbocycles. The molecule has 0 atom stereocenters. The van der Waals surface area contributed by atoms with E-state index in [2.05, 4.69) is 4.90 Å². The maximum atomic E-state index is 12.4. The molecule has 0 aromatic heterocycles. The molecule has 0 unspecified atom stereocenters. The molecule has 3 rings (SSSR count). The molecule has 1 saturated heterocycles. The lowest BCUT2D eigenvalue weighted by atomic mass is 10.0. The highest BCUT2D eigenvalue weighted by Gasteiger charge is 2.25. The topological polar surface area (TPSA) is 59.1 Å². The highest BCUT2D eigenvalue weighted by Crippen LogP contribution is 2.15. The summed E-state index contributed by atoms with van der Waals surface area (Å²) in [5.41, 5.74) is 1.42. The number of ether oxygens (including phenoxy) is 2. The molecule has 0 radical (unpaired) electrons. The minimum Gasteiger partial charge on any atom is -0.492 e. The van der Waals surface area contributed by atoms with E-state index in [4.69, 9.17) is 9.47 Å². The minimum atomic E-state index is -0.468. The number of aryl methyl sites for hydroxylation is 1.